The number of nitro benzene ring substituents is 1. The minimum Gasteiger partial charge on any atom is -0.302 e. The number of rotatable bonds is 3. The summed E-state index contributed by atoms with van der Waals surface area (Å²) >= 11 is 14.4. The molecule has 3 heterocycles. The van der Waals surface area contributed by atoms with Crippen molar-refractivity contribution in [2.45, 2.75) is 18.9 Å². The maximum absolute atomic E-state index is 12.5. The fraction of sp³-hybridized carbons (Fsp3) is 0.294. The molecule has 1 aromatic carbocycles. The highest BCUT2D eigenvalue weighted by Crippen LogP contribution is 2.35. The number of fused-ring (bicyclic) bond motifs is 1. The van der Waals surface area contributed by atoms with E-state index < -0.39 is 4.92 Å². The molecule has 10 heteroatoms. The average molecular weight is 425 g/mol. The van der Waals surface area contributed by atoms with E-state index in [0.29, 0.717) is 16.7 Å². The summed E-state index contributed by atoms with van der Waals surface area (Å²) in [6.07, 6.45) is 3.47. The van der Waals surface area contributed by atoms with Gasteiger partial charge in [0.25, 0.3) is 11.2 Å². The second kappa shape index (κ2) is 7.18. The van der Waals surface area contributed by atoms with Crippen molar-refractivity contribution in [1.29, 1.82) is 0 Å². The van der Waals surface area contributed by atoms with Crippen molar-refractivity contribution in [3.8, 4) is 5.69 Å². The molecule has 0 bridgehead atoms. The Kier molecular flexibility index (Phi) is 4.88. The van der Waals surface area contributed by atoms with Gasteiger partial charge in [0.15, 0.2) is 0 Å². The monoisotopic (exact) mass is 424 g/mol. The summed E-state index contributed by atoms with van der Waals surface area (Å²) in [5.74, 6) is 2.03. The van der Waals surface area contributed by atoms with Crippen molar-refractivity contribution in [2.24, 2.45) is 0 Å². The Morgan fingerprint density at radius 2 is 1.81 bits per heavy atom. The lowest BCUT2D eigenvalue weighted by Gasteiger charge is -2.24. The predicted octanol–water partition coefficient (Wildman–Crippen LogP) is 4.47. The zero-order valence-corrected chi connectivity index (χ0v) is 16.3. The molecule has 0 saturated carbocycles. The van der Waals surface area contributed by atoms with E-state index in [-0.39, 0.29) is 27.3 Å². The lowest BCUT2D eigenvalue weighted by molar-refractivity contribution is -0.384. The topological polar surface area (TPSA) is 83.0 Å². The maximum Gasteiger partial charge on any atom is 0.272 e. The number of nitro groups is 1. The summed E-state index contributed by atoms with van der Waals surface area (Å²) in [5, 5.41) is 15.6. The molecule has 2 aromatic heterocycles. The van der Waals surface area contributed by atoms with Crippen LogP contribution < -0.4 is 5.56 Å². The van der Waals surface area contributed by atoms with Crippen molar-refractivity contribution in [3.63, 3.8) is 0 Å². The SMILES string of the molecule is O=c1ccc2c(cnn2-c2c(Cl)cc([N+](=O)[O-])cc2Cl)n1C1CCSCC1. The summed E-state index contributed by atoms with van der Waals surface area (Å²) in [6, 6.07) is 5.79. The van der Waals surface area contributed by atoms with E-state index in [1.807, 2.05) is 11.8 Å². The molecule has 0 N–H and O–H groups in total. The standard InChI is InChI=1S/C17H14Cl2N4O3S/c18-12-7-11(23(25)26)8-13(19)17(12)22-14-1-2-16(24)21(15(14)9-20-22)10-3-5-27-6-4-10/h1-2,7-10H,3-6H2. The molecule has 1 saturated heterocycles. The van der Waals surface area contributed by atoms with Gasteiger partial charge in [-0.05, 0) is 30.4 Å². The summed E-state index contributed by atoms with van der Waals surface area (Å²) in [7, 11) is 0. The molecule has 140 valence electrons. The van der Waals surface area contributed by atoms with Crippen molar-refractivity contribution in [3.05, 3.63) is 61.0 Å². The number of thioether (sulfide) groups is 1. The van der Waals surface area contributed by atoms with Crippen LogP contribution in [0.1, 0.15) is 18.9 Å². The van der Waals surface area contributed by atoms with E-state index in [4.69, 9.17) is 23.2 Å². The highest BCUT2D eigenvalue weighted by atomic mass is 35.5. The molecule has 0 spiro atoms. The first kappa shape index (κ1) is 18.3. The van der Waals surface area contributed by atoms with Crippen LogP contribution in [0.2, 0.25) is 10.0 Å². The van der Waals surface area contributed by atoms with Crippen LogP contribution in [0.15, 0.2) is 35.3 Å². The van der Waals surface area contributed by atoms with Gasteiger partial charge in [0, 0.05) is 24.2 Å². The first-order valence-corrected chi connectivity index (χ1v) is 10.2. The third-order valence-electron chi connectivity index (χ3n) is 4.65. The Balaban J connectivity index is 1.90. The number of nitrogens with zero attached hydrogens (tertiary/aromatic N) is 4. The number of halogens is 2. The predicted molar refractivity (Wildman–Crippen MR) is 108 cm³/mol. The lowest BCUT2D eigenvalue weighted by atomic mass is 10.1. The second-order valence-corrected chi connectivity index (χ2v) is 8.27. The first-order valence-electron chi connectivity index (χ1n) is 8.28. The fourth-order valence-corrected chi connectivity index (χ4v) is 5.12. The van der Waals surface area contributed by atoms with Crippen LogP contribution in [0.25, 0.3) is 16.7 Å². The smallest absolute Gasteiger partial charge is 0.272 e. The van der Waals surface area contributed by atoms with E-state index in [9.17, 15) is 14.9 Å². The van der Waals surface area contributed by atoms with Crippen molar-refractivity contribution in [1.82, 2.24) is 14.3 Å². The largest absolute Gasteiger partial charge is 0.302 e. The highest BCUT2D eigenvalue weighted by Gasteiger charge is 2.22. The molecule has 0 unspecified atom stereocenters. The van der Waals surface area contributed by atoms with Gasteiger partial charge in [-0.25, -0.2) is 4.68 Å². The van der Waals surface area contributed by atoms with Crippen LogP contribution in [-0.4, -0.2) is 30.8 Å². The molecule has 27 heavy (non-hydrogen) atoms. The third-order valence-corrected chi connectivity index (χ3v) is 6.27. The molecular formula is C17H14Cl2N4O3S. The zero-order valence-electron chi connectivity index (χ0n) is 14.0. The normalized spacial score (nSPS) is 15.3. The van der Waals surface area contributed by atoms with Gasteiger partial charge in [-0.2, -0.15) is 16.9 Å². The lowest BCUT2D eigenvalue weighted by Crippen LogP contribution is -2.26. The van der Waals surface area contributed by atoms with Gasteiger partial charge in [0.2, 0.25) is 0 Å². The van der Waals surface area contributed by atoms with Gasteiger partial charge in [0.1, 0.15) is 5.69 Å². The fourth-order valence-electron chi connectivity index (χ4n) is 3.40. The Bertz CT molecular complexity index is 1080. The highest BCUT2D eigenvalue weighted by molar-refractivity contribution is 7.99. The van der Waals surface area contributed by atoms with Crippen LogP contribution in [-0.2, 0) is 0 Å². The molecule has 0 atom stereocenters. The van der Waals surface area contributed by atoms with Crippen LogP contribution in [0.3, 0.4) is 0 Å². The van der Waals surface area contributed by atoms with Crippen LogP contribution in [0, 0.1) is 10.1 Å². The summed E-state index contributed by atoms with van der Waals surface area (Å²) in [4.78, 5) is 23.0. The van der Waals surface area contributed by atoms with E-state index in [2.05, 4.69) is 5.10 Å². The first-order chi connectivity index (χ1) is 13.0. The van der Waals surface area contributed by atoms with Crippen LogP contribution >= 0.6 is 35.0 Å². The van der Waals surface area contributed by atoms with Gasteiger partial charge in [-0.15, -0.1) is 0 Å². The van der Waals surface area contributed by atoms with Gasteiger partial charge in [-0.1, -0.05) is 23.2 Å². The quantitative estimate of drug-likeness (QED) is 0.457. The van der Waals surface area contributed by atoms with Crippen LogP contribution in [0.5, 0.6) is 0 Å². The van der Waals surface area contributed by atoms with Crippen LogP contribution in [0.4, 0.5) is 5.69 Å². The molecule has 1 aliphatic rings. The maximum atomic E-state index is 12.5. The molecular weight excluding hydrogens is 411 g/mol. The Labute approximate surface area is 168 Å². The van der Waals surface area contributed by atoms with Gasteiger partial charge >= 0.3 is 0 Å². The van der Waals surface area contributed by atoms with Gasteiger partial charge < -0.3 is 4.57 Å². The zero-order chi connectivity index (χ0) is 19.1. The minimum absolute atomic E-state index is 0.0696. The number of aromatic nitrogens is 3. The van der Waals surface area contributed by atoms with E-state index >= 15 is 0 Å². The molecule has 3 aromatic rings. The number of non-ortho nitro benzene ring substituents is 1. The number of benzene rings is 1. The Morgan fingerprint density at radius 3 is 2.44 bits per heavy atom. The molecule has 0 amide bonds. The van der Waals surface area contributed by atoms with Crippen molar-refractivity contribution in [2.75, 3.05) is 11.5 Å². The van der Waals surface area contributed by atoms with E-state index in [1.165, 1.54) is 22.9 Å². The Morgan fingerprint density at radius 1 is 1.15 bits per heavy atom. The van der Waals surface area contributed by atoms with Gasteiger partial charge in [0.05, 0.1) is 32.2 Å². The summed E-state index contributed by atoms with van der Waals surface area (Å²) in [6.45, 7) is 0. The number of hydrogen-bond acceptors (Lipinski definition) is 5. The molecule has 0 radical (unpaired) electrons. The van der Waals surface area contributed by atoms with E-state index in [1.54, 1.807) is 16.8 Å². The third kappa shape index (κ3) is 3.22. The van der Waals surface area contributed by atoms with Crippen molar-refractivity contribution < 1.29 is 4.92 Å². The summed E-state index contributed by atoms with van der Waals surface area (Å²) < 4.78 is 3.31. The molecule has 4 rings (SSSR count). The minimum atomic E-state index is -0.554. The van der Waals surface area contributed by atoms with Gasteiger partial charge in [-0.3, -0.25) is 14.9 Å². The molecule has 7 nitrogen and oxygen atoms in total. The molecule has 0 aliphatic carbocycles. The van der Waals surface area contributed by atoms with E-state index in [0.717, 1.165) is 24.3 Å². The Hall–Kier alpha value is -2.03. The summed E-state index contributed by atoms with van der Waals surface area (Å²) in [5.41, 5.74) is 1.46. The number of pyridine rings is 1. The second-order valence-electron chi connectivity index (χ2n) is 6.23. The average Bonchev–Trinajstić information content (AvgIpc) is 3.05. The van der Waals surface area contributed by atoms with Crippen molar-refractivity contribution >= 4 is 51.7 Å². The number of hydrogen-bond donors (Lipinski definition) is 0. The molecule has 1 aliphatic heterocycles. The molecule has 1 fully saturated rings.